The first-order chi connectivity index (χ1) is 13.1. The molecule has 0 saturated carbocycles. The zero-order valence-corrected chi connectivity index (χ0v) is 16.0. The molecule has 1 heterocycles. The molecule has 1 aromatic carbocycles. The van der Waals surface area contributed by atoms with Crippen LogP contribution in [0, 0.1) is 0 Å². The summed E-state index contributed by atoms with van der Waals surface area (Å²) in [7, 11) is 1.56. The second kappa shape index (κ2) is 10.3. The van der Waals surface area contributed by atoms with Crippen molar-refractivity contribution in [1.82, 2.24) is 10.3 Å². The summed E-state index contributed by atoms with van der Waals surface area (Å²) in [6.45, 7) is 6.86. The van der Waals surface area contributed by atoms with Gasteiger partial charge in [-0.2, -0.15) is 0 Å². The maximum atomic E-state index is 12.5. The molecule has 0 saturated heterocycles. The number of amides is 2. The van der Waals surface area contributed by atoms with Gasteiger partial charge >= 0.3 is 0 Å². The zero-order chi connectivity index (χ0) is 19.6. The monoisotopic (exact) mass is 370 g/mol. The Morgan fingerprint density at radius 2 is 1.67 bits per heavy atom. The number of aromatic nitrogens is 1. The molecule has 0 fully saturated rings. The van der Waals surface area contributed by atoms with E-state index >= 15 is 0 Å². The van der Waals surface area contributed by atoms with Gasteiger partial charge in [-0.15, -0.1) is 0 Å². The number of ether oxygens (including phenoxy) is 1. The summed E-state index contributed by atoms with van der Waals surface area (Å²) >= 11 is 0. The highest BCUT2D eigenvalue weighted by atomic mass is 16.5. The summed E-state index contributed by atoms with van der Waals surface area (Å²) in [5.74, 6) is -0.609. The van der Waals surface area contributed by atoms with Gasteiger partial charge in [0.25, 0.3) is 11.8 Å². The number of nitrogens with zero attached hydrogens (tertiary/aromatic N) is 2. The number of carbonyl (C=O) groups is 2. The molecule has 0 aliphatic carbocycles. The van der Waals surface area contributed by atoms with Crippen LogP contribution in [0.3, 0.4) is 0 Å². The fraction of sp³-hybridized carbons (Fsp3) is 0.350. The van der Waals surface area contributed by atoms with E-state index in [0.717, 1.165) is 18.8 Å². The van der Waals surface area contributed by atoms with Crippen molar-refractivity contribution >= 4 is 23.2 Å². The molecule has 0 atom stereocenters. The van der Waals surface area contributed by atoms with Gasteiger partial charge in [-0.1, -0.05) is 0 Å². The van der Waals surface area contributed by atoms with Gasteiger partial charge in [-0.25, -0.2) is 0 Å². The largest absolute Gasteiger partial charge is 0.383 e. The summed E-state index contributed by atoms with van der Waals surface area (Å²) < 4.78 is 4.90. The molecule has 0 spiro atoms. The number of carbonyl (C=O) groups excluding carboxylic acids is 2. The van der Waals surface area contributed by atoms with Crippen molar-refractivity contribution in [2.24, 2.45) is 0 Å². The molecule has 27 heavy (non-hydrogen) atoms. The van der Waals surface area contributed by atoms with Crippen LogP contribution in [-0.4, -0.2) is 50.1 Å². The maximum absolute atomic E-state index is 12.5. The van der Waals surface area contributed by atoms with Crippen LogP contribution in [0.2, 0.25) is 0 Å². The quantitative estimate of drug-likeness (QED) is 0.663. The first-order valence-corrected chi connectivity index (χ1v) is 8.97. The van der Waals surface area contributed by atoms with Crippen LogP contribution in [0.5, 0.6) is 0 Å². The number of hydrogen-bond donors (Lipinski definition) is 2. The molecule has 1 aromatic heterocycles. The van der Waals surface area contributed by atoms with E-state index in [0.29, 0.717) is 30.0 Å². The maximum Gasteiger partial charge on any atom is 0.257 e. The Morgan fingerprint density at radius 3 is 2.26 bits per heavy atom. The third-order valence-electron chi connectivity index (χ3n) is 4.11. The highest BCUT2D eigenvalue weighted by molar-refractivity contribution is 6.05. The van der Waals surface area contributed by atoms with Crippen molar-refractivity contribution in [1.29, 1.82) is 0 Å². The Balaban J connectivity index is 2.03. The van der Waals surface area contributed by atoms with Crippen molar-refractivity contribution < 1.29 is 14.3 Å². The van der Waals surface area contributed by atoms with Gasteiger partial charge < -0.3 is 20.3 Å². The molecule has 2 aromatic rings. The van der Waals surface area contributed by atoms with E-state index in [9.17, 15) is 9.59 Å². The highest BCUT2D eigenvalue weighted by Crippen LogP contribution is 2.18. The van der Waals surface area contributed by atoms with E-state index < -0.39 is 0 Å². The number of pyridine rings is 1. The molecule has 2 rings (SSSR count). The lowest BCUT2D eigenvalue weighted by molar-refractivity contribution is 0.0936. The van der Waals surface area contributed by atoms with Crippen LogP contribution in [0.4, 0.5) is 11.4 Å². The summed E-state index contributed by atoms with van der Waals surface area (Å²) in [6, 6.07) is 9.19. The van der Waals surface area contributed by atoms with Gasteiger partial charge in [0.1, 0.15) is 0 Å². The zero-order valence-electron chi connectivity index (χ0n) is 16.0. The Labute approximate surface area is 159 Å². The minimum Gasteiger partial charge on any atom is -0.383 e. The third kappa shape index (κ3) is 5.79. The predicted octanol–water partition coefficient (Wildman–Crippen LogP) is 2.56. The Kier molecular flexibility index (Phi) is 7.76. The molecule has 0 radical (unpaired) electrons. The number of methoxy groups -OCH3 is 1. The number of benzene rings is 1. The Bertz CT molecular complexity index is 758. The van der Waals surface area contributed by atoms with E-state index in [1.807, 2.05) is 24.3 Å². The summed E-state index contributed by atoms with van der Waals surface area (Å²) in [5, 5.41) is 5.53. The van der Waals surface area contributed by atoms with Gasteiger partial charge in [-0.3, -0.25) is 14.6 Å². The first kappa shape index (κ1) is 20.4. The molecular weight excluding hydrogens is 344 g/mol. The normalized spacial score (nSPS) is 10.3. The Hall–Kier alpha value is -2.93. The van der Waals surface area contributed by atoms with E-state index in [2.05, 4.69) is 34.4 Å². The average molecular weight is 370 g/mol. The molecule has 2 N–H and O–H groups in total. The minimum absolute atomic E-state index is 0.294. The molecule has 0 unspecified atom stereocenters. The second-order valence-corrected chi connectivity index (χ2v) is 5.88. The lowest BCUT2D eigenvalue weighted by Crippen LogP contribution is -2.27. The summed E-state index contributed by atoms with van der Waals surface area (Å²) in [5.41, 5.74) is 2.44. The van der Waals surface area contributed by atoms with Crippen LogP contribution in [0.25, 0.3) is 0 Å². The SMILES string of the molecule is CCN(CC)c1ccc(NC(=O)c2cncc(C(=O)NCCOC)c2)cc1. The van der Waals surface area contributed by atoms with Gasteiger partial charge in [0, 0.05) is 50.5 Å². The molecule has 0 bridgehead atoms. The number of nitrogens with one attached hydrogen (secondary N) is 2. The molecule has 0 aliphatic heterocycles. The van der Waals surface area contributed by atoms with Crippen LogP contribution in [0.15, 0.2) is 42.7 Å². The van der Waals surface area contributed by atoms with Crippen LogP contribution >= 0.6 is 0 Å². The van der Waals surface area contributed by atoms with Crippen LogP contribution < -0.4 is 15.5 Å². The van der Waals surface area contributed by atoms with Crippen molar-refractivity contribution in [3.63, 3.8) is 0 Å². The van der Waals surface area contributed by atoms with E-state index in [1.54, 1.807) is 7.11 Å². The molecule has 7 nitrogen and oxygen atoms in total. The number of rotatable bonds is 9. The van der Waals surface area contributed by atoms with Gasteiger partial charge in [-0.05, 0) is 44.2 Å². The van der Waals surface area contributed by atoms with Gasteiger partial charge in [0.05, 0.1) is 17.7 Å². The molecular formula is C20H26N4O3. The van der Waals surface area contributed by atoms with Crippen molar-refractivity contribution in [2.75, 3.05) is 43.6 Å². The van der Waals surface area contributed by atoms with Gasteiger partial charge in [0.2, 0.25) is 0 Å². The van der Waals surface area contributed by atoms with Gasteiger partial charge in [0.15, 0.2) is 0 Å². The third-order valence-corrected chi connectivity index (χ3v) is 4.11. The molecule has 7 heteroatoms. The molecule has 2 amide bonds. The van der Waals surface area contributed by atoms with Crippen LogP contribution in [-0.2, 0) is 4.74 Å². The average Bonchev–Trinajstić information content (AvgIpc) is 2.70. The molecule has 0 aliphatic rings. The fourth-order valence-electron chi connectivity index (χ4n) is 2.60. The summed E-state index contributed by atoms with van der Waals surface area (Å²) in [6.07, 6.45) is 2.86. The van der Waals surface area contributed by atoms with Crippen molar-refractivity contribution in [3.05, 3.63) is 53.9 Å². The van der Waals surface area contributed by atoms with Crippen molar-refractivity contribution in [2.45, 2.75) is 13.8 Å². The summed E-state index contributed by atoms with van der Waals surface area (Å²) in [4.78, 5) is 30.8. The number of hydrogen-bond acceptors (Lipinski definition) is 5. The van der Waals surface area contributed by atoms with E-state index in [4.69, 9.17) is 4.74 Å². The standard InChI is InChI=1S/C20H26N4O3/c1-4-24(5-2)18-8-6-17(7-9-18)23-20(26)16-12-15(13-21-14-16)19(25)22-10-11-27-3/h6-9,12-14H,4-5,10-11H2,1-3H3,(H,22,25)(H,23,26). The lowest BCUT2D eigenvalue weighted by atomic mass is 10.1. The smallest absolute Gasteiger partial charge is 0.257 e. The van der Waals surface area contributed by atoms with Crippen LogP contribution in [0.1, 0.15) is 34.6 Å². The lowest BCUT2D eigenvalue weighted by Gasteiger charge is -2.21. The fourth-order valence-corrected chi connectivity index (χ4v) is 2.60. The minimum atomic E-state index is -0.315. The van der Waals surface area contributed by atoms with E-state index in [-0.39, 0.29) is 11.8 Å². The van der Waals surface area contributed by atoms with E-state index in [1.165, 1.54) is 18.5 Å². The number of anilines is 2. The predicted molar refractivity (Wildman–Crippen MR) is 106 cm³/mol. The van der Waals surface area contributed by atoms with Crippen molar-refractivity contribution in [3.8, 4) is 0 Å². The topological polar surface area (TPSA) is 83.6 Å². The molecule has 144 valence electrons. The second-order valence-electron chi connectivity index (χ2n) is 5.88. The first-order valence-electron chi connectivity index (χ1n) is 8.97. The Morgan fingerprint density at radius 1 is 1.04 bits per heavy atom. The highest BCUT2D eigenvalue weighted by Gasteiger charge is 2.12.